The standard InChI is InChI=1S/C17H14N4OS/c1-10-9-21(2)20-14(10)16(22)19-17-18-15-12-6-4-3-5-11(12)7-8-13(15)23-17/h3-9H,1-2H3,(H,18,19,22). The molecule has 23 heavy (non-hydrogen) atoms. The summed E-state index contributed by atoms with van der Waals surface area (Å²) < 4.78 is 2.69. The lowest BCUT2D eigenvalue weighted by atomic mass is 10.1. The van der Waals surface area contributed by atoms with Gasteiger partial charge in [-0.05, 0) is 18.4 Å². The van der Waals surface area contributed by atoms with E-state index in [2.05, 4.69) is 27.5 Å². The third kappa shape index (κ3) is 2.37. The van der Waals surface area contributed by atoms with Crippen LogP contribution in [0.5, 0.6) is 0 Å². The zero-order chi connectivity index (χ0) is 16.0. The highest BCUT2D eigenvalue weighted by Crippen LogP contribution is 2.31. The molecular weight excluding hydrogens is 308 g/mol. The summed E-state index contributed by atoms with van der Waals surface area (Å²) >= 11 is 1.47. The van der Waals surface area contributed by atoms with E-state index < -0.39 is 0 Å². The molecule has 2 aromatic carbocycles. The predicted molar refractivity (Wildman–Crippen MR) is 93.0 cm³/mol. The van der Waals surface area contributed by atoms with Crippen molar-refractivity contribution >= 4 is 43.4 Å². The van der Waals surface area contributed by atoms with Crippen LogP contribution in [0.4, 0.5) is 5.13 Å². The maximum absolute atomic E-state index is 12.4. The first-order valence-corrected chi connectivity index (χ1v) is 8.03. The van der Waals surface area contributed by atoms with Gasteiger partial charge >= 0.3 is 0 Å². The molecule has 1 N–H and O–H groups in total. The van der Waals surface area contributed by atoms with E-state index in [0.717, 1.165) is 26.6 Å². The van der Waals surface area contributed by atoms with E-state index in [4.69, 9.17) is 0 Å². The summed E-state index contributed by atoms with van der Waals surface area (Å²) in [6, 6.07) is 12.2. The molecule has 5 nitrogen and oxygen atoms in total. The minimum Gasteiger partial charge on any atom is -0.296 e. The van der Waals surface area contributed by atoms with Gasteiger partial charge in [-0.1, -0.05) is 41.7 Å². The fourth-order valence-electron chi connectivity index (χ4n) is 2.70. The summed E-state index contributed by atoms with van der Waals surface area (Å²) in [5.74, 6) is -0.230. The average Bonchev–Trinajstić information content (AvgIpc) is 3.09. The average molecular weight is 322 g/mol. The van der Waals surface area contributed by atoms with Crippen molar-refractivity contribution in [3.8, 4) is 0 Å². The summed E-state index contributed by atoms with van der Waals surface area (Å²) in [6.07, 6.45) is 1.82. The lowest BCUT2D eigenvalue weighted by Gasteiger charge is -1.98. The Hall–Kier alpha value is -2.73. The molecule has 0 aliphatic rings. The maximum Gasteiger partial charge on any atom is 0.278 e. The normalized spacial score (nSPS) is 11.2. The molecule has 0 saturated heterocycles. The number of anilines is 1. The second kappa shape index (κ2) is 5.17. The zero-order valence-corrected chi connectivity index (χ0v) is 13.5. The number of carbonyl (C=O) groups excluding carboxylic acids is 1. The lowest BCUT2D eigenvalue weighted by Crippen LogP contribution is -2.13. The highest BCUT2D eigenvalue weighted by atomic mass is 32.1. The number of amides is 1. The minimum absolute atomic E-state index is 0.230. The number of hydrogen-bond donors (Lipinski definition) is 1. The Balaban J connectivity index is 1.73. The van der Waals surface area contributed by atoms with Crippen LogP contribution in [0, 0.1) is 6.92 Å². The fourth-order valence-corrected chi connectivity index (χ4v) is 3.58. The predicted octanol–water partition coefficient (Wildman–Crippen LogP) is 3.74. The Bertz CT molecular complexity index is 1050. The molecule has 4 aromatic rings. The van der Waals surface area contributed by atoms with Gasteiger partial charge in [-0.25, -0.2) is 4.98 Å². The molecule has 114 valence electrons. The first-order valence-electron chi connectivity index (χ1n) is 7.22. The molecule has 0 radical (unpaired) electrons. The Labute approximate surface area is 136 Å². The van der Waals surface area contributed by atoms with Crippen molar-refractivity contribution in [2.45, 2.75) is 6.92 Å². The van der Waals surface area contributed by atoms with E-state index in [1.54, 1.807) is 11.7 Å². The van der Waals surface area contributed by atoms with Crippen molar-refractivity contribution in [3.63, 3.8) is 0 Å². The van der Waals surface area contributed by atoms with Gasteiger partial charge in [0.25, 0.3) is 5.91 Å². The van der Waals surface area contributed by atoms with Gasteiger partial charge < -0.3 is 0 Å². The van der Waals surface area contributed by atoms with Crippen molar-refractivity contribution in [1.29, 1.82) is 0 Å². The van der Waals surface area contributed by atoms with Gasteiger partial charge in [-0.15, -0.1) is 0 Å². The van der Waals surface area contributed by atoms with Crippen molar-refractivity contribution in [3.05, 3.63) is 53.9 Å². The number of benzene rings is 2. The van der Waals surface area contributed by atoms with Gasteiger partial charge in [0.1, 0.15) is 0 Å². The number of nitrogens with zero attached hydrogens (tertiary/aromatic N) is 3. The molecule has 0 saturated carbocycles. The second-order valence-corrected chi connectivity index (χ2v) is 6.47. The van der Waals surface area contributed by atoms with Crippen molar-refractivity contribution in [2.75, 3.05) is 5.32 Å². The smallest absolute Gasteiger partial charge is 0.278 e. The summed E-state index contributed by atoms with van der Waals surface area (Å²) in [5, 5.41) is 9.88. The quantitative estimate of drug-likeness (QED) is 0.611. The zero-order valence-electron chi connectivity index (χ0n) is 12.7. The van der Waals surface area contributed by atoms with Gasteiger partial charge in [0.2, 0.25) is 0 Å². The van der Waals surface area contributed by atoms with E-state index in [9.17, 15) is 4.79 Å². The van der Waals surface area contributed by atoms with Gasteiger partial charge in [0.15, 0.2) is 10.8 Å². The number of hydrogen-bond acceptors (Lipinski definition) is 4. The molecule has 0 fully saturated rings. The Morgan fingerprint density at radius 3 is 2.83 bits per heavy atom. The topological polar surface area (TPSA) is 59.8 Å². The number of nitrogens with one attached hydrogen (secondary N) is 1. The van der Waals surface area contributed by atoms with E-state index in [-0.39, 0.29) is 5.91 Å². The summed E-state index contributed by atoms with van der Waals surface area (Å²) in [7, 11) is 1.80. The molecule has 4 rings (SSSR count). The van der Waals surface area contributed by atoms with E-state index in [1.807, 2.05) is 37.4 Å². The van der Waals surface area contributed by atoms with Crippen LogP contribution in [0.1, 0.15) is 16.1 Å². The first kappa shape index (κ1) is 13.9. The van der Waals surface area contributed by atoms with Crippen LogP contribution < -0.4 is 5.32 Å². The van der Waals surface area contributed by atoms with Crippen LogP contribution in [0.15, 0.2) is 42.6 Å². The van der Waals surface area contributed by atoms with Crippen LogP contribution in [0.2, 0.25) is 0 Å². The number of aryl methyl sites for hydroxylation is 2. The summed E-state index contributed by atoms with van der Waals surface area (Å²) in [6.45, 7) is 1.87. The largest absolute Gasteiger partial charge is 0.296 e. The van der Waals surface area contributed by atoms with Gasteiger partial charge in [0.05, 0.1) is 10.2 Å². The molecule has 0 bridgehead atoms. The highest BCUT2D eigenvalue weighted by molar-refractivity contribution is 7.22. The summed E-state index contributed by atoms with van der Waals surface area (Å²) in [4.78, 5) is 17.0. The van der Waals surface area contributed by atoms with Gasteiger partial charge in [-0.3, -0.25) is 14.8 Å². The number of carbonyl (C=O) groups is 1. The van der Waals surface area contributed by atoms with Gasteiger partial charge in [-0.2, -0.15) is 5.10 Å². The van der Waals surface area contributed by atoms with Crippen molar-refractivity contribution < 1.29 is 4.79 Å². The highest BCUT2D eigenvalue weighted by Gasteiger charge is 2.16. The van der Waals surface area contributed by atoms with Crippen LogP contribution in [-0.2, 0) is 7.05 Å². The Morgan fingerprint density at radius 2 is 2.04 bits per heavy atom. The monoisotopic (exact) mass is 322 g/mol. The number of fused-ring (bicyclic) bond motifs is 3. The first-order chi connectivity index (χ1) is 11.1. The van der Waals surface area contributed by atoms with E-state index in [1.165, 1.54) is 11.3 Å². The van der Waals surface area contributed by atoms with E-state index in [0.29, 0.717) is 10.8 Å². The SMILES string of the molecule is Cc1cn(C)nc1C(=O)Nc1nc2c(ccc3ccccc32)s1. The number of rotatable bonds is 2. The molecular formula is C17H14N4OS. The molecule has 6 heteroatoms. The fraction of sp³-hybridized carbons (Fsp3) is 0.118. The molecule has 0 aliphatic carbocycles. The van der Waals surface area contributed by atoms with Crippen molar-refractivity contribution in [2.24, 2.45) is 7.05 Å². The number of thiazole rings is 1. The van der Waals surface area contributed by atoms with Crippen LogP contribution in [0.25, 0.3) is 21.0 Å². The summed E-state index contributed by atoms with van der Waals surface area (Å²) in [5.41, 5.74) is 2.19. The molecule has 0 atom stereocenters. The lowest BCUT2D eigenvalue weighted by molar-refractivity contribution is 0.102. The van der Waals surface area contributed by atoms with Crippen LogP contribution >= 0.6 is 11.3 Å². The molecule has 2 heterocycles. The molecule has 0 aliphatic heterocycles. The Kier molecular flexibility index (Phi) is 3.12. The number of aromatic nitrogens is 3. The molecule has 0 spiro atoms. The molecule has 1 amide bonds. The molecule has 0 unspecified atom stereocenters. The van der Waals surface area contributed by atoms with Gasteiger partial charge in [0, 0.05) is 24.2 Å². The molecule has 2 aromatic heterocycles. The van der Waals surface area contributed by atoms with Crippen LogP contribution in [0.3, 0.4) is 0 Å². The van der Waals surface area contributed by atoms with Crippen LogP contribution in [-0.4, -0.2) is 20.7 Å². The maximum atomic E-state index is 12.4. The minimum atomic E-state index is -0.230. The second-order valence-electron chi connectivity index (χ2n) is 5.44. The Morgan fingerprint density at radius 1 is 1.22 bits per heavy atom. The third-order valence-corrected chi connectivity index (χ3v) is 4.67. The third-order valence-electron chi connectivity index (χ3n) is 3.73. The van der Waals surface area contributed by atoms with Crippen molar-refractivity contribution in [1.82, 2.24) is 14.8 Å². The van der Waals surface area contributed by atoms with E-state index >= 15 is 0 Å².